The van der Waals surface area contributed by atoms with E-state index in [1.165, 1.54) is 0 Å². The molecule has 1 amide bonds. The number of hydrogen-bond acceptors (Lipinski definition) is 4. The summed E-state index contributed by atoms with van der Waals surface area (Å²) in [5, 5.41) is 1.03. The van der Waals surface area contributed by atoms with Crippen molar-refractivity contribution in [3.8, 4) is 0 Å². The quantitative estimate of drug-likeness (QED) is 0.796. The minimum Gasteiger partial charge on any atom is -0.342 e. The number of amides is 1. The number of imidazole rings is 1. The minimum atomic E-state index is -0.0633. The summed E-state index contributed by atoms with van der Waals surface area (Å²) in [4.78, 5) is 27.8. The second-order valence-corrected chi connectivity index (χ2v) is 7.23. The number of H-pyrrole nitrogens is 1. The van der Waals surface area contributed by atoms with Gasteiger partial charge in [-0.1, -0.05) is 0 Å². The molecule has 3 aromatic rings. The average molecular weight is 328 g/mol. The number of hydrogen-bond donors (Lipinski definition) is 1. The van der Waals surface area contributed by atoms with Crippen molar-refractivity contribution in [1.29, 1.82) is 0 Å². The lowest BCUT2D eigenvalue weighted by molar-refractivity contribution is 0.0740. The Bertz CT molecular complexity index is 880. The third-order valence-electron chi connectivity index (χ3n) is 4.08. The van der Waals surface area contributed by atoms with Gasteiger partial charge in [0.25, 0.3) is 5.91 Å². The summed E-state index contributed by atoms with van der Waals surface area (Å²) in [5.41, 5.74) is 3.39. The number of aromatic nitrogens is 3. The topological polar surface area (TPSA) is 61.9 Å². The highest BCUT2D eigenvalue weighted by atomic mass is 32.1. The molecular formula is C17H20N4OS. The summed E-state index contributed by atoms with van der Waals surface area (Å²) >= 11 is 1.66. The van der Waals surface area contributed by atoms with Crippen molar-refractivity contribution in [2.24, 2.45) is 0 Å². The predicted octanol–water partition coefficient (Wildman–Crippen LogP) is 3.78. The number of nitrogens with one attached hydrogen (secondary N) is 1. The molecule has 1 atom stereocenters. The molecule has 3 rings (SSSR count). The molecule has 23 heavy (non-hydrogen) atoms. The highest BCUT2D eigenvalue weighted by Crippen LogP contribution is 2.27. The van der Waals surface area contributed by atoms with Crippen molar-refractivity contribution in [3.63, 3.8) is 0 Å². The maximum absolute atomic E-state index is 12.8. The number of fused-ring (bicyclic) bond motifs is 1. The largest absolute Gasteiger partial charge is 0.342 e. The van der Waals surface area contributed by atoms with Gasteiger partial charge in [0, 0.05) is 17.5 Å². The first-order valence-electron chi connectivity index (χ1n) is 7.54. The summed E-state index contributed by atoms with van der Waals surface area (Å²) in [6, 6.07) is 5.50. The van der Waals surface area contributed by atoms with Gasteiger partial charge in [-0.05, 0) is 45.9 Å². The van der Waals surface area contributed by atoms with Crippen LogP contribution in [0.1, 0.15) is 44.7 Å². The first-order valence-corrected chi connectivity index (χ1v) is 8.36. The van der Waals surface area contributed by atoms with E-state index in [1.807, 2.05) is 52.9 Å². The van der Waals surface area contributed by atoms with Gasteiger partial charge in [0.15, 0.2) is 0 Å². The molecule has 120 valence electrons. The van der Waals surface area contributed by atoms with E-state index in [0.29, 0.717) is 5.56 Å². The molecule has 6 heteroatoms. The molecule has 0 aliphatic carbocycles. The van der Waals surface area contributed by atoms with Gasteiger partial charge in [-0.2, -0.15) is 0 Å². The maximum atomic E-state index is 12.8. The zero-order valence-electron chi connectivity index (χ0n) is 14.0. The molecule has 0 saturated heterocycles. The SMILES string of the molecule is Cc1nc2ccc(C(=O)N(C)[C@@H](C)c3nc(C)sc3C)cc2[nH]1. The van der Waals surface area contributed by atoms with Crippen LogP contribution in [0.25, 0.3) is 11.0 Å². The lowest BCUT2D eigenvalue weighted by Gasteiger charge is -2.24. The highest BCUT2D eigenvalue weighted by molar-refractivity contribution is 7.11. The number of carbonyl (C=O) groups is 1. The van der Waals surface area contributed by atoms with E-state index in [2.05, 4.69) is 15.0 Å². The van der Waals surface area contributed by atoms with E-state index in [1.54, 1.807) is 16.2 Å². The van der Waals surface area contributed by atoms with Gasteiger partial charge in [-0.25, -0.2) is 9.97 Å². The normalized spacial score (nSPS) is 12.6. The summed E-state index contributed by atoms with van der Waals surface area (Å²) in [5.74, 6) is 0.830. The van der Waals surface area contributed by atoms with Gasteiger partial charge in [0.1, 0.15) is 5.82 Å². The first-order chi connectivity index (χ1) is 10.9. The molecule has 0 radical (unpaired) electrons. The summed E-state index contributed by atoms with van der Waals surface area (Å²) < 4.78 is 0. The molecule has 0 bridgehead atoms. The number of aryl methyl sites for hydroxylation is 3. The van der Waals surface area contributed by atoms with Crippen LogP contribution in [0, 0.1) is 20.8 Å². The van der Waals surface area contributed by atoms with Gasteiger partial charge in [-0.15, -0.1) is 11.3 Å². The molecule has 1 N–H and O–H groups in total. The van der Waals surface area contributed by atoms with E-state index < -0.39 is 0 Å². The molecule has 0 aliphatic rings. The second kappa shape index (κ2) is 5.77. The van der Waals surface area contributed by atoms with E-state index in [4.69, 9.17) is 0 Å². The maximum Gasteiger partial charge on any atom is 0.254 e. The van der Waals surface area contributed by atoms with E-state index in [0.717, 1.165) is 32.4 Å². The van der Waals surface area contributed by atoms with Crippen LogP contribution in [0.3, 0.4) is 0 Å². The molecule has 1 aromatic carbocycles. The summed E-state index contributed by atoms with van der Waals surface area (Å²) in [6.45, 7) is 7.96. The Labute approximate surface area is 139 Å². The fourth-order valence-corrected chi connectivity index (χ4v) is 3.67. The van der Waals surface area contributed by atoms with Crippen LogP contribution < -0.4 is 0 Å². The van der Waals surface area contributed by atoms with Crippen LogP contribution in [-0.4, -0.2) is 32.8 Å². The van der Waals surface area contributed by atoms with Gasteiger partial charge in [-0.3, -0.25) is 4.79 Å². The van der Waals surface area contributed by atoms with Crippen molar-refractivity contribution < 1.29 is 4.79 Å². The van der Waals surface area contributed by atoms with E-state index in [9.17, 15) is 4.79 Å². The van der Waals surface area contributed by atoms with Crippen LogP contribution in [0.5, 0.6) is 0 Å². The molecule has 0 unspecified atom stereocenters. The molecular weight excluding hydrogens is 308 g/mol. The zero-order chi connectivity index (χ0) is 16.7. The number of thiazole rings is 1. The Hall–Kier alpha value is -2.21. The highest BCUT2D eigenvalue weighted by Gasteiger charge is 2.23. The number of aromatic amines is 1. The fourth-order valence-electron chi connectivity index (χ4n) is 2.77. The van der Waals surface area contributed by atoms with Crippen LogP contribution >= 0.6 is 11.3 Å². The Morgan fingerprint density at radius 2 is 2.00 bits per heavy atom. The lowest BCUT2D eigenvalue weighted by atomic mass is 10.1. The van der Waals surface area contributed by atoms with Crippen LogP contribution in [-0.2, 0) is 0 Å². The van der Waals surface area contributed by atoms with E-state index >= 15 is 0 Å². The van der Waals surface area contributed by atoms with Gasteiger partial charge < -0.3 is 9.88 Å². The van der Waals surface area contributed by atoms with Gasteiger partial charge >= 0.3 is 0 Å². The third-order valence-corrected chi connectivity index (χ3v) is 4.99. The number of rotatable bonds is 3. The van der Waals surface area contributed by atoms with Crippen molar-refractivity contribution in [3.05, 3.63) is 45.2 Å². The van der Waals surface area contributed by atoms with Crippen molar-refractivity contribution in [1.82, 2.24) is 19.9 Å². The van der Waals surface area contributed by atoms with Gasteiger partial charge in [0.2, 0.25) is 0 Å². The predicted molar refractivity (Wildman–Crippen MR) is 92.9 cm³/mol. The van der Waals surface area contributed by atoms with E-state index in [-0.39, 0.29) is 11.9 Å². The lowest BCUT2D eigenvalue weighted by Crippen LogP contribution is -2.30. The average Bonchev–Trinajstić information content (AvgIpc) is 3.04. The number of benzene rings is 1. The number of nitrogens with zero attached hydrogens (tertiary/aromatic N) is 3. The standard InChI is InChI=1S/C17H20N4OS/c1-9(16-10(2)23-12(4)20-16)21(5)17(22)13-6-7-14-15(8-13)19-11(3)18-14/h6-9H,1-5H3,(H,18,19)/t9-/m0/s1. The second-order valence-electron chi connectivity index (χ2n) is 5.82. The van der Waals surface area contributed by atoms with Crippen LogP contribution in [0.4, 0.5) is 0 Å². The molecule has 0 aliphatic heterocycles. The molecule has 2 aromatic heterocycles. The van der Waals surface area contributed by atoms with Crippen LogP contribution in [0.2, 0.25) is 0 Å². The van der Waals surface area contributed by atoms with Crippen molar-refractivity contribution in [2.75, 3.05) is 7.05 Å². The Morgan fingerprint density at radius 1 is 1.26 bits per heavy atom. The van der Waals surface area contributed by atoms with Crippen molar-refractivity contribution >= 4 is 28.3 Å². The molecule has 0 fully saturated rings. The minimum absolute atomic E-state index is 0.0169. The Kier molecular flexibility index (Phi) is 3.93. The first kappa shape index (κ1) is 15.7. The molecule has 5 nitrogen and oxygen atoms in total. The summed E-state index contributed by atoms with van der Waals surface area (Å²) in [6.07, 6.45) is 0. The summed E-state index contributed by atoms with van der Waals surface area (Å²) in [7, 11) is 1.82. The van der Waals surface area contributed by atoms with Crippen LogP contribution in [0.15, 0.2) is 18.2 Å². The smallest absolute Gasteiger partial charge is 0.254 e. The zero-order valence-corrected chi connectivity index (χ0v) is 14.8. The molecule has 0 spiro atoms. The van der Waals surface area contributed by atoms with Gasteiger partial charge in [0.05, 0.1) is 27.8 Å². The molecule has 0 saturated carbocycles. The Balaban J connectivity index is 1.89. The number of carbonyl (C=O) groups excluding carboxylic acids is 1. The van der Waals surface area contributed by atoms with Crippen molar-refractivity contribution in [2.45, 2.75) is 33.7 Å². The monoisotopic (exact) mass is 328 g/mol. The fraction of sp³-hybridized carbons (Fsp3) is 0.353. The Morgan fingerprint density at radius 3 is 2.65 bits per heavy atom. The third kappa shape index (κ3) is 2.86. The molecule has 2 heterocycles.